The van der Waals surface area contributed by atoms with E-state index in [1.165, 1.54) is 11.8 Å². The number of methoxy groups -OCH3 is 2. The molecule has 1 atom stereocenters. The maximum absolute atomic E-state index is 13.5. The normalized spacial score (nSPS) is 12.7. The van der Waals surface area contributed by atoms with Gasteiger partial charge >= 0.3 is 0 Å². The lowest BCUT2D eigenvalue weighted by Crippen LogP contribution is -2.33. The van der Waals surface area contributed by atoms with Crippen molar-refractivity contribution >= 4 is 34.5 Å². The molecular formula is C31H40N4O7S. The first kappa shape index (κ1) is 32.0. The van der Waals surface area contributed by atoms with Gasteiger partial charge in [0.05, 0.1) is 30.9 Å². The van der Waals surface area contributed by atoms with Crippen molar-refractivity contribution in [3.05, 3.63) is 46.2 Å². The molecule has 4 rings (SSSR count). The number of thioether (sulfide) groups is 1. The molecular weight excluding hydrogens is 572 g/mol. The Morgan fingerprint density at radius 3 is 2.56 bits per heavy atom. The number of unbranched alkanes of at least 4 members (excludes halogenated alkanes) is 2. The number of carbonyl (C=O) groups is 2. The summed E-state index contributed by atoms with van der Waals surface area (Å²) in [6.45, 7) is 5.01. The summed E-state index contributed by atoms with van der Waals surface area (Å²) in [4.78, 5) is 43.1. The number of aromatic nitrogens is 2. The number of benzene rings is 2. The Balaban J connectivity index is 1.31. The molecule has 43 heavy (non-hydrogen) atoms. The molecule has 0 unspecified atom stereocenters. The van der Waals surface area contributed by atoms with E-state index in [9.17, 15) is 14.4 Å². The quantitative estimate of drug-likeness (QED) is 0.140. The molecule has 1 aromatic heterocycles. The number of ether oxygens (including phenoxy) is 4. The minimum Gasteiger partial charge on any atom is -0.493 e. The number of rotatable bonds is 16. The van der Waals surface area contributed by atoms with Gasteiger partial charge in [0, 0.05) is 31.6 Å². The first-order chi connectivity index (χ1) is 20.8. The molecule has 0 aliphatic carbocycles. The van der Waals surface area contributed by atoms with E-state index < -0.39 is 0 Å². The van der Waals surface area contributed by atoms with Gasteiger partial charge in [-0.25, -0.2) is 4.98 Å². The van der Waals surface area contributed by atoms with Crippen LogP contribution in [0.3, 0.4) is 0 Å². The Bertz CT molecular complexity index is 1490. The zero-order valence-electron chi connectivity index (χ0n) is 25.2. The van der Waals surface area contributed by atoms with Crippen molar-refractivity contribution in [2.45, 2.75) is 70.1 Å². The Morgan fingerprint density at radius 2 is 1.81 bits per heavy atom. The van der Waals surface area contributed by atoms with Crippen LogP contribution in [0.25, 0.3) is 10.9 Å². The molecule has 0 fully saturated rings. The first-order valence-corrected chi connectivity index (χ1v) is 15.6. The Hall–Kier alpha value is -3.93. The third kappa shape index (κ3) is 8.56. The number of hydrogen-bond acceptors (Lipinski definition) is 9. The standard InChI is InChI=1S/C31H40N4O7S/c1-5-20(2)33-29(37)18-43-31-34-23-17-27-26(41-19-42-27)16-22(23)30(38)35(31)14-8-6-7-9-28(36)32-13-12-21-10-11-24(39-3)25(15-21)40-4/h10-11,15-17,20H,5-9,12-14,18-19H2,1-4H3,(H,32,36)(H,33,37)/t20-/m0/s1. The van der Waals surface area contributed by atoms with Crippen molar-refractivity contribution in [2.75, 3.05) is 33.3 Å². The third-order valence-corrected chi connectivity index (χ3v) is 8.21. The van der Waals surface area contributed by atoms with Crippen LogP contribution >= 0.6 is 11.8 Å². The van der Waals surface area contributed by atoms with Gasteiger partial charge in [0.25, 0.3) is 5.56 Å². The average molecular weight is 613 g/mol. The van der Waals surface area contributed by atoms with E-state index in [0.717, 1.165) is 18.4 Å². The van der Waals surface area contributed by atoms with Gasteiger partial charge in [-0.05, 0) is 56.4 Å². The van der Waals surface area contributed by atoms with Crippen LogP contribution in [0.1, 0.15) is 51.5 Å². The number of carbonyl (C=O) groups excluding carboxylic acids is 2. The molecule has 2 heterocycles. The highest BCUT2D eigenvalue weighted by atomic mass is 32.2. The van der Waals surface area contributed by atoms with Gasteiger partial charge in [0.15, 0.2) is 28.2 Å². The van der Waals surface area contributed by atoms with Gasteiger partial charge in [0.1, 0.15) is 0 Å². The number of fused-ring (bicyclic) bond motifs is 2. The van der Waals surface area contributed by atoms with Crippen molar-refractivity contribution in [1.82, 2.24) is 20.2 Å². The van der Waals surface area contributed by atoms with Crippen LogP contribution in [0.4, 0.5) is 0 Å². The van der Waals surface area contributed by atoms with E-state index in [-0.39, 0.29) is 36.0 Å². The fourth-order valence-electron chi connectivity index (χ4n) is 4.65. The average Bonchev–Trinajstić information content (AvgIpc) is 3.47. The molecule has 0 bridgehead atoms. The van der Waals surface area contributed by atoms with E-state index >= 15 is 0 Å². The van der Waals surface area contributed by atoms with Gasteiger partial charge in [0.2, 0.25) is 18.6 Å². The fraction of sp³-hybridized carbons (Fsp3) is 0.484. The second kappa shape index (κ2) is 15.5. The van der Waals surface area contributed by atoms with Crippen LogP contribution in [0.5, 0.6) is 23.0 Å². The maximum Gasteiger partial charge on any atom is 0.262 e. The first-order valence-electron chi connectivity index (χ1n) is 14.6. The topological polar surface area (TPSA) is 130 Å². The number of amides is 2. The van der Waals surface area contributed by atoms with Gasteiger partial charge in [-0.15, -0.1) is 0 Å². The lowest BCUT2D eigenvalue weighted by molar-refractivity contribution is -0.121. The van der Waals surface area contributed by atoms with Crippen molar-refractivity contribution in [3.63, 3.8) is 0 Å². The molecule has 0 saturated carbocycles. The van der Waals surface area contributed by atoms with Gasteiger partial charge < -0.3 is 29.6 Å². The molecule has 2 N–H and O–H groups in total. The summed E-state index contributed by atoms with van der Waals surface area (Å²) in [6.07, 6.45) is 4.04. The predicted molar refractivity (Wildman–Crippen MR) is 165 cm³/mol. The molecule has 1 aliphatic heterocycles. The summed E-state index contributed by atoms with van der Waals surface area (Å²) in [6, 6.07) is 9.16. The summed E-state index contributed by atoms with van der Waals surface area (Å²) in [5.74, 6) is 2.42. The van der Waals surface area contributed by atoms with Crippen LogP contribution in [-0.4, -0.2) is 60.7 Å². The molecule has 0 radical (unpaired) electrons. The molecule has 2 aromatic carbocycles. The molecule has 12 heteroatoms. The summed E-state index contributed by atoms with van der Waals surface area (Å²) >= 11 is 1.24. The Morgan fingerprint density at radius 1 is 1.05 bits per heavy atom. The minimum atomic E-state index is -0.193. The van der Waals surface area contributed by atoms with Crippen LogP contribution in [0, 0.1) is 0 Å². The minimum absolute atomic E-state index is 0.00958. The van der Waals surface area contributed by atoms with Crippen LogP contribution < -0.4 is 35.1 Å². The van der Waals surface area contributed by atoms with Crippen LogP contribution in [-0.2, 0) is 22.6 Å². The Labute approximate surface area is 255 Å². The van der Waals surface area contributed by atoms with E-state index in [0.29, 0.717) is 77.8 Å². The second-order valence-corrected chi connectivity index (χ2v) is 11.3. The van der Waals surface area contributed by atoms with E-state index in [4.69, 9.17) is 23.9 Å². The highest BCUT2D eigenvalue weighted by molar-refractivity contribution is 7.99. The second-order valence-electron chi connectivity index (χ2n) is 10.3. The van der Waals surface area contributed by atoms with Gasteiger partial charge in [-0.1, -0.05) is 31.2 Å². The van der Waals surface area contributed by atoms with E-state index in [1.54, 1.807) is 30.9 Å². The zero-order valence-corrected chi connectivity index (χ0v) is 26.0. The zero-order chi connectivity index (χ0) is 30.8. The lowest BCUT2D eigenvalue weighted by Gasteiger charge is -2.15. The third-order valence-electron chi connectivity index (χ3n) is 7.23. The van der Waals surface area contributed by atoms with Crippen molar-refractivity contribution in [1.29, 1.82) is 0 Å². The van der Waals surface area contributed by atoms with Crippen molar-refractivity contribution in [3.8, 4) is 23.0 Å². The molecule has 232 valence electrons. The summed E-state index contributed by atoms with van der Waals surface area (Å²) in [5, 5.41) is 6.83. The van der Waals surface area contributed by atoms with E-state index in [1.807, 2.05) is 32.0 Å². The number of nitrogens with one attached hydrogen (secondary N) is 2. The van der Waals surface area contributed by atoms with Gasteiger partial charge in [-0.2, -0.15) is 0 Å². The fourth-order valence-corrected chi connectivity index (χ4v) is 5.49. The molecule has 1 aliphatic rings. The van der Waals surface area contributed by atoms with E-state index in [2.05, 4.69) is 10.6 Å². The smallest absolute Gasteiger partial charge is 0.262 e. The number of hydrogen-bond donors (Lipinski definition) is 2. The summed E-state index contributed by atoms with van der Waals surface area (Å²) in [7, 11) is 3.19. The van der Waals surface area contributed by atoms with Crippen LogP contribution in [0.15, 0.2) is 40.3 Å². The molecule has 0 saturated heterocycles. The maximum atomic E-state index is 13.5. The van der Waals surface area contributed by atoms with Gasteiger partial charge in [-0.3, -0.25) is 19.0 Å². The monoisotopic (exact) mass is 612 g/mol. The largest absolute Gasteiger partial charge is 0.493 e. The summed E-state index contributed by atoms with van der Waals surface area (Å²) in [5.41, 5.74) is 1.35. The summed E-state index contributed by atoms with van der Waals surface area (Å²) < 4.78 is 23.2. The highest BCUT2D eigenvalue weighted by Gasteiger charge is 2.20. The van der Waals surface area contributed by atoms with Crippen LogP contribution in [0.2, 0.25) is 0 Å². The highest BCUT2D eigenvalue weighted by Crippen LogP contribution is 2.35. The Kier molecular flexibility index (Phi) is 11.5. The SMILES string of the molecule is CC[C@H](C)NC(=O)CSc1nc2cc3c(cc2c(=O)n1CCCCCC(=O)NCCc1ccc(OC)c(OC)c1)OCO3. The molecule has 2 amide bonds. The molecule has 11 nitrogen and oxygen atoms in total. The van der Waals surface area contributed by atoms with Crippen molar-refractivity contribution < 1.29 is 28.5 Å². The van der Waals surface area contributed by atoms with Crippen molar-refractivity contribution in [2.24, 2.45) is 0 Å². The number of nitrogens with zero attached hydrogens (tertiary/aromatic N) is 2. The molecule has 0 spiro atoms. The predicted octanol–water partition coefficient (Wildman–Crippen LogP) is 4.07. The molecule has 3 aromatic rings. The lowest BCUT2D eigenvalue weighted by atomic mass is 10.1.